The Morgan fingerprint density at radius 1 is 1.39 bits per heavy atom. The molecule has 7 atom stereocenters. The Morgan fingerprint density at radius 2 is 2.11 bits per heavy atom. The van der Waals surface area contributed by atoms with Crippen LogP contribution in [0.1, 0.15) is 46.5 Å². The Balaban J connectivity index is 1.85. The van der Waals surface area contributed by atoms with Crippen LogP contribution in [0.25, 0.3) is 0 Å². The number of epoxide rings is 1. The molecule has 1 N–H and O–H groups in total. The Hall–Kier alpha value is -0.570. The van der Waals surface area contributed by atoms with Gasteiger partial charge in [0, 0.05) is 0 Å². The summed E-state index contributed by atoms with van der Waals surface area (Å²) in [5.41, 5.74) is 0.0781. The van der Waals surface area contributed by atoms with Gasteiger partial charge in [0.2, 0.25) is 0 Å². The van der Waals surface area contributed by atoms with Gasteiger partial charge in [-0.15, -0.1) is 0 Å². The van der Waals surface area contributed by atoms with E-state index in [-0.39, 0.29) is 11.5 Å². The molecule has 0 bridgehead atoms. The van der Waals surface area contributed by atoms with Crippen molar-refractivity contribution in [2.45, 2.75) is 58.2 Å². The second-order valence-electron chi connectivity index (χ2n) is 6.98. The summed E-state index contributed by atoms with van der Waals surface area (Å²) < 4.78 is 5.95. The van der Waals surface area contributed by atoms with Gasteiger partial charge in [0.15, 0.2) is 0 Å². The molecule has 1 saturated heterocycles. The topological polar surface area (TPSA) is 49.8 Å². The van der Waals surface area contributed by atoms with E-state index in [1.165, 1.54) is 12.8 Å². The van der Waals surface area contributed by atoms with Gasteiger partial charge in [0.05, 0.1) is 17.6 Å². The van der Waals surface area contributed by atoms with Crippen molar-refractivity contribution in [1.82, 2.24) is 0 Å². The minimum atomic E-state index is -0.638. The highest BCUT2D eigenvalue weighted by molar-refractivity contribution is 5.70. The summed E-state index contributed by atoms with van der Waals surface area (Å²) in [6.45, 7) is 6.42. The molecule has 0 aromatic carbocycles. The van der Waals surface area contributed by atoms with E-state index in [9.17, 15) is 9.90 Å². The SMILES string of the molecule is C[C@@H]1CC[C@@H]([C@@H](C)C(=O)O)[C@H]2[C@H]1CC[C@@]1(C)O[C@@H]21. The van der Waals surface area contributed by atoms with Crippen molar-refractivity contribution in [2.24, 2.45) is 29.6 Å². The number of aliphatic carboxylic acids is 1. The minimum absolute atomic E-state index is 0.0781. The molecule has 3 heteroatoms. The average molecular weight is 252 g/mol. The fraction of sp³-hybridized carbons (Fsp3) is 0.933. The van der Waals surface area contributed by atoms with Crippen molar-refractivity contribution in [2.75, 3.05) is 0 Å². The molecule has 3 fully saturated rings. The monoisotopic (exact) mass is 252 g/mol. The quantitative estimate of drug-likeness (QED) is 0.769. The van der Waals surface area contributed by atoms with Crippen molar-refractivity contribution in [3.8, 4) is 0 Å². The molecule has 0 aromatic heterocycles. The van der Waals surface area contributed by atoms with E-state index in [1.54, 1.807) is 0 Å². The lowest BCUT2D eigenvalue weighted by Crippen LogP contribution is -2.45. The lowest BCUT2D eigenvalue weighted by Gasteiger charge is -2.45. The largest absolute Gasteiger partial charge is 0.481 e. The molecular formula is C15H24O3. The van der Waals surface area contributed by atoms with Crippen LogP contribution < -0.4 is 0 Å². The summed E-state index contributed by atoms with van der Waals surface area (Å²) in [7, 11) is 0. The van der Waals surface area contributed by atoms with Crippen LogP contribution in [-0.4, -0.2) is 22.8 Å². The smallest absolute Gasteiger partial charge is 0.306 e. The molecule has 0 spiro atoms. The van der Waals surface area contributed by atoms with Crippen molar-refractivity contribution < 1.29 is 14.6 Å². The normalized spacial score (nSPS) is 52.1. The number of hydrogen-bond donors (Lipinski definition) is 1. The molecule has 1 aliphatic heterocycles. The van der Waals surface area contributed by atoms with Crippen LogP contribution in [0.5, 0.6) is 0 Å². The third-order valence-electron chi connectivity index (χ3n) is 5.97. The zero-order valence-electron chi connectivity index (χ0n) is 11.6. The molecule has 0 radical (unpaired) electrons. The second-order valence-corrected chi connectivity index (χ2v) is 6.98. The maximum absolute atomic E-state index is 11.3. The Morgan fingerprint density at radius 3 is 2.78 bits per heavy atom. The highest BCUT2D eigenvalue weighted by Crippen LogP contribution is 2.60. The first-order valence-electron chi connectivity index (χ1n) is 7.34. The molecule has 3 nitrogen and oxygen atoms in total. The third kappa shape index (κ3) is 1.70. The average Bonchev–Trinajstić information content (AvgIpc) is 3.01. The Labute approximate surface area is 109 Å². The molecule has 0 amide bonds. The molecule has 2 aliphatic carbocycles. The number of ether oxygens (including phenoxy) is 1. The van der Waals surface area contributed by atoms with E-state index in [0.29, 0.717) is 23.9 Å². The van der Waals surface area contributed by atoms with E-state index in [1.807, 2.05) is 6.92 Å². The molecule has 1 heterocycles. The summed E-state index contributed by atoms with van der Waals surface area (Å²) in [4.78, 5) is 11.3. The molecule has 3 aliphatic rings. The number of carboxylic acid groups (broad SMARTS) is 1. The second kappa shape index (κ2) is 3.96. The summed E-state index contributed by atoms with van der Waals surface area (Å²) in [6, 6.07) is 0. The molecule has 3 rings (SSSR count). The van der Waals surface area contributed by atoms with Gasteiger partial charge < -0.3 is 9.84 Å². The number of carboxylic acids is 1. The molecule has 0 aromatic rings. The highest BCUT2D eigenvalue weighted by Gasteiger charge is 2.64. The first-order valence-corrected chi connectivity index (χ1v) is 7.34. The Kier molecular flexibility index (Phi) is 2.74. The standard InChI is InChI=1S/C15H24O3/c1-8-4-5-11(9(2)14(16)17)12-10(8)6-7-15(3)13(12)18-15/h8-13H,4-7H2,1-3H3,(H,16,17)/t8-,9-,10+,11+,12-,13+,15-/m1/s1. The maximum atomic E-state index is 11.3. The van der Waals surface area contributed by atoms with E-state index in [4.69, 9.17) is 4.74 Å². The third-order valence-corrected chi connectivity index (χ3v) is 5.97. The van der Waals surface area contributed by atoms with E-state index in [0.717, 1.165) is 18.8 Å². The van der Waals surface area contributed by atoms with Crippen LogP contribution in [0.4, 0.5) is 0 Å². The molecule has 0 unspecified atom stereocenters. The lowest BCUT2D eigenvalue weighted by molar-refractivity contribution is -0.145. The first-order chi connectivity index (χ1) is 8.44. The van der Waals surface area contributed by atoms with Crippen molar-refractivity contribution >= 4 is 5.97 Å². The van der Waals surface area contributed by atoms with Gasteiger partial charge in [-0.1, -0.05) is 20.3 Å². The molecule has 102 valence electrons. The molecular weight excluding hydrogens is 228 g/mol. The predicted molar refractivity (Wildman–Crippen MR) is 68.2 cm³/mol. The van der Waals surface area contributed by atoms with E-state index >= 15 is 0 Å². The molecule has 2 saturated carbocycles. The summed E-state index contributed by atoms with van der Waals surface area (Å²) >= 11 is 0. The number of fused-ring (bicyclic) bond motifs is 3. The highest BCUT2D eigenvalue weighted by atomic mass is 16.6. The van der Waals surface area contributed by atoms with Crippen molar-refractivity contribution in [3.05, 3.63) is 0 Å². The first kappa shape index (κ1) is 12.5. The van der Waals surface area contributed by atoms with Crippen LogP contribution in [0.2, 0.25) is 0 Å². The minimum Gasteiger partial charge on any atom is -0.481 e. The summed E-state index contributed by atoms with van der Waals surface area (Å²) in [6.07, 6.45) is 4.98. The van der Waals surface area contributed by atoms with Gasteiger partial charge in [-0.3, -0.25) is 4.79 Å². The van der Waals surface area contributed by atoms with Gasteiger partial charge in [-0.25, -0.2) is 0 Å². The van der Waals surface area contributed by atoms with Crippen LogP contribution >= 0.6 is 0 Å². The summed E-state index contributed by atoms with van der Waals surface area (Å²) in [5.74, 6) is 1.36. The van der Waals surface area contributed by atoms with Gasteiger partial charge >= 0.3 is 5.97 Å². The van der Waals surface area contributed by atoms with Crippen molar-refractivity contribution in [1.29, 1.82) is 0 Å². The number of hydrogen-bond acceptors (Lipinski definition) is 2. The zero-order chi connectivity index (χ0) is 13.1. The lowest BCUT2D eigenvalue weighted by atomic mass is 9.57. The molecule has 18 heavy (non-hydrogen) atoms. The zero-order valence-corrected chi connectivity index (χ0v) is 11.6. The fourth-order valence-electron chi connectivity index (χ4n) is 4.65. The van der Waals surface area contributed by atoms with Crippen LogP contribution in [-0.2, 0) is 9.53 Å². The number of rotatable bonds is 2. The van der Waals surface area contributed by atoms with E-state index in [2.05, 4.69) is 13.8 Å². The van der Waals surface area contributed by atoms with Gasteiger partial charge in [0.25, 0.3) is 0 Å². The van der Waals surface area contributed by atoms with Crippen molar-refractivity contribution in [3.63, 3.8) is 0 Å². The van der Waals surface area contributed by atoms with Crippen LogP contribution in [0.15, 0.2) is 0 Å². The predicted octanol–water partition coefficient (Wildman–Crippen LogP) is 2.94. The van der Waals surface area contributed by atoms with Gasteiger partial charge in [0.1, 0.15) is 0 Å². The van der Waals surface area contributed by atoms with Gasteiger partial charge in [-0.2, -0.15) is 0 Å². The van der Waals surface area contributed by atoms with E-state index < -0.39 is 5.97 Å². The number of carbonyl (C=O) groups is 1. The fourth-order valence-corrected chi connectivity index (χ4v) is 4.65. The van der Waals surface area contributed by atoms with Crippen LogP contribution in [0.3, 0.4) is 0 Å². The maximum Gasteiger partial charge on any atom is 0.306 e. The van der Waals surface area contributed by atoms with Crippen LogP contribution in [0, 0.1) is 29.6 Å². The summed E-state index contributed by atoms with van der Waals surface area (Å²) in [5, 5.41) is 9.31. The Bertz CT molecular complexity index is 367. The van der Waals surface area contributed by atoms with Gasteiger partial charge in [-0.05, 0) is 49.9 Å².